The quantitative estimate of drug-likeness (QED) is 0.807. The summed E-state index contributed by atoms with van der Waals surface area (Å²) in [7, 11) is 2.12. The van der Waals surface area contributed by atoms with Gasteiger partial charge in [0.25, 0.3) is 0 Å². The lowest BCUT2D eigenvalue weighted by molar-refractivity contribution is 0.311. The fourth-order valence-corrected chi connectivity index (χ4v) is 2.93. The molecule has 0 fully saturated rings. The van der Waals surface area contributed by atoms with Gasteiger partial charge in [0.1, 0.15) is 0 Å². The number of rotatable bonds is 6. The molecule has 0 saturated carbocycles. The van der Waals surface area contributed by atoms with E-state index >= 15 is 0 Å². The Balaban J connectivity index is 1.85. The van der Waals surface area contributed by atoms with Gasteiger partial charge in [0, 0.05) is 22.1 Å². The van der Waals surface area contributed by atoms with Crippen molar-refractivity contribution in [2.24, 2.45) is 5.73 Å². The fraction of sp³-hybridized carbons (Fsp3) is 0.294. The van der Waals surface area contributed by atoms with E-state index in [0.717, 1.165) is 34.6 Å². The second-order valence-corrected chi connectivity index (χ2v) is 6.67. The second-order valence-electron chi connectivity index (χ2n) is 5.32. The molecule has 112 valence electrons. The van der Waals surface area contributed by atoms with Gasteiger partial charge in [0.05, 0.1) is 0 Å². The Labute approximate surface area is 140 Å². The van der Waals surface area contributed by atoms with Crippen LogP contribution in [0.3, 0.4) is 0 Å². The van der Waals surface area contributed by atoms with Crippen molar-refractivity contribution in [1.82, 2.24) is 4.90 Å². The highest BCUT2D eigenvalue weighted by Crippen LogP contribution is 2.19. The minimum atomic E-state index is 0.0219. The summed E-state index contributed by atoms with van der Waals surface area (Å²) >= 11 is 9.50. The van der Waals surface area contributed by atoms with Crippen molar-refractivity contribution in [3.8, 4) is 0 Å². The molecule has 2 aromatic rings. The fourth-order valence-electron chi connectivity index (χ4n) is 2.29. The Bertz CT molecular complexity index is 589. The third-order valence-electron chi connectivity index (χ3n) is 3.44. The maximum Gasteiger partial charge on any atom is 0.0409 e. The lowest BCUT2D eigenvalue weighted by Crippen LogP contribution is -2.23. The van der Waals surface area contributed by atoms with Crippen LogP contribution < -0.4 is 5.73 Å². The molecule has 2 aromatic carbocycles. The zero-order chi connectivity index (χ0) is 15.2. The van der Waals surface area contributed by atoms with E-state index < -0.39 is 0 Å². The first-order valence-electron chi connectivity index (χ1n) is 6.98. The van der Waals surface area contributed by atoms with E-state index in [0.29, 0.717) is 0 Å². The molecule has 0 spiro atoms. The number of halogens is 2. The van der Waals surface area contributed by atoms with Crippen LogP contribution in [0.25, 0.3) is 0 Å². The van der Waals surface area contributed by atoms with Crippen LogP contribution in [0, 0.1) is 0 Å². The van der Waals surface area contributed by atoms with Gasteiger partial charge in [-0.2, -0.15) is 0 Å². The predicted molar refractivity (Wildman–Crippen MR) is 93.5 cm³/mol. The van der Waals surface area contributed by atoms with Gasteiger partial charge in [-0.05, 0) is 55.4 Å². The van der Waals surface area contributed by atoms with Crippen molar-refractivity contribution in [3.05, 3.63) is 69.2 Å². The Morgan fingerprint density at radius 1 is 1.19 bits per heavy atom. The van der Waals surface area contributed by atoms with Crippen LogP contribution in [0.15, 0.2) is 53.0 Å². The third kappa shape index (κ3) is 5.44. The molecule has 2 nitrogen and oxygen atoms in total. The minimum Gasteiger partial charge on any atom is -0.324 e. The van der Waals surface area contributed by atoms with Crippen LogP contribution in [-0.4, -0.2) is 18.5 Å². The highest BCUT2D eigenvalue weighted by Gasteiger charge is 2.08. The van der Waals surface area contributed by atoms with Gasteiger partial charge in [-0.25, -0.2) is 0 Å². The van der Waals surface area contributed by atoms with Gasteiger partial charge >= 0.3 is 0 Å². The van der Waals surface area contributed by atoms with E-state index in [1.54, 1.807) is 0 Å². The topological polar surface area (TPSA) is 29.3 Å². The summed E-state index contributed by atoms with van der Waals surface area (Å²) in [4.78, 5) is 2.28. The average molecular weight is 368 g/mol. The second kappa shape index (κ2) is 7.95. The summed E-state index contributed by atoms with van der Waals surface area (Å²) in [6.07, 6.45) is 0.908. The van der Waals surface area contributed by atoms with E-state index in [1.807, 2.05) is 30.3 Å². The van der Waals surface area contributed by atoms with E-state index in [-0.39, 0.29) is 6.04 Å². The summed E-state index contributed by atoms with van der Waals surface area (Å²) < 4.78 is 1.11. The molecule has 1 atom stereocenters. The van der Waals surface area contributed by atoms with Gasteiger partial charge in [-0.3, -0.25) is 0 Å². The van der Waals surface area contributed by atoms with Crippen LogP contribution in [0.5, 0.6) is 0 Å². The van der Waals surface area contributed by atoms with Crippen LogP contribution >= 0.6 is 27.5 Å². The lowest BCUT2D eigenvalue weighted by atomic mass is 10.0. The molecule has 0 aromatic heterocycles. The number of nitrogens with zero attached hydrogens (tertiary/aromatic N) is 1. The Kier molecular flexibility index (Phi) is 6.24. The van der Waals surface area contributed by atoms with Crippen LogP contribution in [0.4, 0.5) is 0 Å². The summed E-state index contributed by atoms with van der Waals surface area (Å²) in [6, 6.07) is 16.2. The molecule has 4 heteroatoms. The molecule has 0 heterocycles. The Morgan fingerprint density at radius 2 is 1.95 bits per heavy atom. The van der Waals surface area contributed by atoms with Gasteiger partial charge in [0.15, 0.2) is 0 Å². The van der Waals surface area contributed by atoms with Gasteiger partial charge in [0.2, 0.25) is 0 Å². The molecule has 21 heavy (non-hydrogen) atoms. The van der Waals surface area contributed by atoms with Crippen molar-refractivity contribution in [2.45, 2.75) is 19.0 Å². The number of benzene rings is 2. The smallest absolute Gasteiger partial charge is 0.0409 e. The van der Waals surface area contributed by atoms with Gasteiger partial charge in [-0.1, -0.05) is 51.8 Å². The zero-order valence-corrected chi connectivity index (χ0v) is 14.4. The highest BCUT2D eigenvalue weighted by molar-refractivity contribution is 9.10. The van der Waals surface area contributed by atoms with Crippen molar-refractivity contribution in [1.29, 1.82) is 0 Å². The van der Waals surface area contributed by atoms with Gasteiger partial charge < -0.3 is 10.6 Å². The van der Waals surface area contributed by atoms with Crippen molar-refractivity contribution >= 4 is 27.5 Å². The molecule has 0 saturated heterocycles. The van der Waals surface area contributed by atoms with Crippen molar-refractivity contribution < 1.29 is 0 Å². The third-order valence-corrected chi connectivity index (χ3v) is 4.17. The van der Waals surface area contributed by atoms with Crippen molar-refractivity contribution in [2.75, 3.05) is 13.6 Å². The Morgan fingerprint density at radius 3 is 2.67 bits per heavy atom. The van der Waals surface area contributed by atoms with Crippen LogP contribution in [0.2, 0.25) is 5.02 Å². The molecule has 0 radical (unpaired) electrons. The maximum atomic E-state index is 6.24. The average Bonchev–Trinajstić information content (AvgIpc) is 2.45. The van der Waals surface area contributed by atoms with Crippen molar-refractivity contribution in [3.63, 3.8) is 0 Å². The van der Waals surface area contributed by atoms with E-state index in [9.17, 15) is 0 Å². The molecular weight excluding hydrogens is 348 g/mol. The SMILES string of the molecule is CN(CCC(N)c1cccc(Cl)c1)Cc1cccc(Br)c1. The first-order valence-corrected chi connectivity index (χ1v) is 8.16. The summed E-state index contributed by atoms with van der Waals surface area (Å²) in [5.74, 6) is 0. The molecule has 0 aliphatic rings. The first-order chi connectivity index (χ1) is 10.0. The minimum absolute atomic E-state index is 0.0219. The zero-order valence-electron chi connectivity index (χ0n) is 12.1. The summed E-state index contributed by atoms with van der Waals surface area (Å²) in [5.41, 5.74) is 8.63. The number of hydrogen-bond acceptors (Lipinski definition) is 2. The predicted octanol–water partition coefficient (Wildman–Crippen LogP) is 4.62. The molecule has 2 N–H and O–H groups in total. The van der Waals surface area contributed by atoms with E-state index in [1.165, 1.54) is 5.56 Å². The Hall–Kier alpha value is -0.870. The normalized spacial score (nSPS) is 12.6. The molecule has 2 rings (SSSR count). The van der Waals surface area contributed by atoms with E-state index in [4.69, 9.17) is 17.3 Å². The summed E-state index contributed by atoms with van der Waals surface area (Å²) in [5, 5.41) is 0.741. The molecule has 0 amide bonds. The standard InChI is InChI=1S/C17H20BrClN2/c1-21(12-13-4-2-6-15(18)10-13)9-8-17(20)14-5-3-7-16(19)11-14/h2-7,10-11,17H,8-9,12,20H2,1H3. The maximum absolute atomic E-state index is 6.24. The molecule has 0 bridgehead atoms. The van der Waals surface area contributed by atoms with Crippen LogP contribution in [-0.2, 0) is 6.54 Å². The molecule has 0 aliphatic carbocycles. The number of nitrogens with two attached hydrogens (primary N) is 1. The summed E-state index contributed by atoms with van der Waals surface area (Å²) in [6.45, 7) is 1.86. The van der Waals surface area contributed by atoms with Crippen LogP contribution in [0.1, 0.15) is 23.6 Å². The molecular formula is C17H20BrClN2. The monoisotopic (exact) mass is 366 g/mol. The first kappa shape index (κ1) is 16.5. The number of hydrogen-bond donors (Lipinski definition) is 1. The largest absolute Gasteiger partial charge is 0.324 e. The van der Waals surface area contributed by atoms with Gasteiger partial charge in [-0.15, -0.1) is 0 Å². The highest BCUT2D eigenvalue weighted by atomic mass is 79.9. The molecule has 0 aliphatic heterocycles. The lowest BCUT2D eigenvalue weighted by Gasteiger charge is -2.20. The molecule has 1 unspecified atom stereocenters. The van der Waals surface area contributed by atoms with E-state index in [2.05, 4.69) is 46.1 Å².